The van der Waals surface area contributed by atoms with Gasteiger partial charge >= 0.3 is 17.9 Å². The Balaban J connectivity index is 4.41. The predicted molar refractivity (Wildman–Crippen MR) is 275 cm³/mol. The molecule has 0 saturated carbocycles. The van der Waals surface area contributed by atoms with Crippen molar-refractivity contribution >= 4 is 17.9 Å². The lowest BCUT2D eigenvalue weighted by atomic mass is 10.0. The van der Waals surface area contributed by atoms with Crippen molar-refractivity contribution in [2.24, 2.45) is 0 Å². The molecule has 392 valence electrons. The van der Waals surface area contributed by atoms with Crippen LogP contribution in [0, 0.1) is 0 Å². The van der Waals surface area contributed by atoms with Crippen LogP contribution in [0.2, 0.25) is 0 Å². The Labute approximate surface area is 407 Å². The van der Waals surface area contributed by atoms with E-state index in [2.05, 4.69) is 20.8 Å². The van der Waals surface area contributed by atoms with Crippen LogP contribution in [0.25, 0.3) is 0 Å². The summed E-state index contributed by atoms with van der Waals surface area (Å²) in [5, 5.41) is 30.5. The summed E-state index contributed by atoms with van der Waals surface area (Å²) in [7, 11) is 0. The van der Waals surface area contributed by atoms with Gasteiger partial charge in [0.2, 0.25) is 0 Å². The Hall–Kier alpha value is -1.71. The van der Waals surface area contributed by atoms with Crippen LogP contribution in [0.15, 0.2) is 0 Å². The van der Waals surface area contributed by atoms with Gasteiger partial charge < -0.3 is 29.5 Å². The molecule has 0 aromatic carbocycles. The van der Waals surface area contributed by atoms with E-state index in [1.165, 1.54) is 109 Å². The van der Waals surface area contributed by atoms with Crippen molar-refractivity contribution in [1.29, 1.82) is 0 Å². The highest BCUT2D eigenvalue weighted by Crippen LogP contribution is 2.18. The van der Waals surface area contributed by atoms with E-state index in [9.17, 15) is 29.7 Å². The highest BCUT2D eigenvalue weighted by atomic mass is 16.6. The summed E-state index contributed by atoms with van der Waals surface area (Å²) < 4.78 is 16.8. The van der Waals surface area contributed by atoms with Crippen molar-refractivity contribution in [2.75, 3.05) is 13.2 Å². The SMILES string of the molecule is CCCCCC[C@@H](O)CCCCCCCCCCC(=O)OCC(COC(=O)CCCCCCCCCC[C@@H](O)CCCCCC)OC(=O)CCCCCCCCCC[C@H](O)CCCCCC. The first kappa shape index (κ1) is 64.3. The molecular formula is C57H110O9. The zero-order valence-corrected chi connectivity index (χ0v) is 43.8. The quantitative estimate of drug-likeness (QED) is 0.0309. The molecule has 0 heterocycles. The fourth-order valence-corrected chi connectivity index (χ4v) is 8.86. The highest BCUT2D eigenvalue weighted by Gasteiger charge is 2.20. The number of rotatable bonds is 53. The van der Waals surface area contributed by atoms with Gasteiger partial charge in [-0.15, -0.1) is 0 Å². The second kappa shape index (κ2) is 51.1. The minimum atomic E-state index is -0.815. The summed E-state index contributed by atoms with van der Waals surface area (Å²) in [5.41, 5.74) is 0. The van der Waals surface area contributed by atoms with Crippen LogP contribution in [-0.2, 0) is 28.6 Å². The van der Waals surface area contributed by atoms with Crippen LogP contribution in [0.1, 0.15) is 310 Å². The molecule has 0 aliphatic heterocycles. The lowest BCUT2D eigenvalue weighted by Gasteiger charge is -2.18. The number of unbranched alkanes of at least 4 members (excludes halogenated alkanes) is 30. The van der Waals surface area contributed by atoms with E-state index in [0.717, 1.165) is 161 Å². The summed E-state index contributed by atoms with van der Waals surface area (Å²) in [6, 6.07) is 0. The van der Waals surface area contributed by atoms with Gasteiger partial charge in [0.25, 0.3) is 0 Å². The maximum atomic E-state index is 12.8. The molecule has 0 rings (SSSR count). The van der Waals surface area contributed by atoms with Gasteiger partial charge in [-0.05, 0) is 57.8 Å². The molecule has 4 atom stereocenters. The summed E-state index contributed by atoms with van der Waals surface area (Å²) in [4.78, 5) is 38.1. The maximum absolute atomic E-state index is 12.8. The van der Waals surface area contributed by atoms with Crippen molar-refractivity contribution in [1.82, 2.24) is 0 Å². The van der Waals surface area contributed by atoms with E-state index < -0.39 is 6.10 Å². The number of hydrogen-bond donors (Lipinski definition) is 3. The maximum Gasteiger partial charge on any atom is 0.306 e. The van der Waals surface area contributed by atoms with E-state index >= 15 is 0 Å². The third-order valence-electron chi connectivity index (χ3n) is 13.3. The zero-order valence-electron chi connectivity index (χ0n) is 43.8. The van der Waals surface area contributed by atoms with Gasteiger partial charge in [-0.3, -0.25) is 14.4 Å². The minimum absolute atomic E-state index is 0.112. The highest BCUT2D eigenvalue weighted by molar-refractivity contribution is 5.71. The van der Waals surface area contributed by atoms with Crippen molar-refractivity contribution in [3.63, 3.8) is 0 Å². The van der Waals surface area contributed by atoms with E-state index in [1.54, 1.807) is 0 Å². The predicted octanol–water partition coefficient (Wildman–Crippen LogP) is 15.7. The molecule has 0 spiro atoms. The number of esters is 3. The molecule has 0 aromatic rings. The van der Waals surface area contributed by atoms with Crippen LogP contribution in [-0.4, -0.2) is 70.9 Å². The van der Waals surface area contributed by atoms with Gasteiger partial charge in [-0.1, -0.05) is 233 Å². The van der Waals surface area contributed by atoms with E-state index in [1.807, 2.05) is 0 Å². The van der Waals surface area contributed by atoms with Gasteiger partial charge in [0.15, 0.2) is 6.10 Å². The molecule has 9 heteroatoms. The van der Waals surface area contributed by atoms with E-state index in [4.69, 9.17) is 14.2 Å². The fraction of sp³-hybridized carbons (Fsp3) is 0.947. The molecular weight excluding hydrogens is 829 g/mol. The van der Waals surface area contributed by atoms with Gasteiger partial charge in [-0.25, -0.2) is 0 Å². The number of ether oxygens (including phenoxy) is 3. The second-order valence-corrected chi connectivity index (χ2v) is 20.1. The zero-order chi connectivity index (χ0) is 48.4. The molecule has 0 aliphatic rings. The molecule has 0 aliphatic carbocycles. The Bertz CT molecular complexity index is 983. The average Bonchev–Trinajstić information content (AvgIpc) is 3.30. The van der Waals surface area contributed by atoms with E-state index in [-0.39, 0.29) is 55.9 Å². The molecule has 3 N–H and O–H groups in total. The van der Waals surface area contributed by atoms with Gasteiger partial charge in [0.1, 0.15) is 13.2 Å². The average molecular weight is 939 g/mol. The fourth-order valence-electron chi connectivity index (χ4n) is 8.86. The summed E-state index contributed by atoms with van der Waals surface area (Å²) >= 11 is 0. The lowest BCUT2D eigenvalue weighted by Crippen LogP contribution is -2.30. The van der Waals surface area contributed by atoms with Crippen LogP contribution < -0.4 is 0 Å². The summed E-state index contributed by atoms with van der Waals surface area (Å²) in [6.07, 6.45) is 45.4. The smallest absolute Gasteiger partial charge is 0.306 e. The third kappa shape index (κ3) is 48.7. The number of aliphatic hydroxyl groups excluding tert-OH is 3. The van der Waals surface area contributed by atoms with Crippen molar-refractivity contribution in [2.45, 2.75) is 334 Å². The van der Waals surface area contributed by atoms with Crippen LogP contribution in [0.5, 0.6) is 0 Å². The van der Waals surface area contributed by atoms with Gasteiger partial charge in [-0.2, -0.15) is 0 Å². The number of hydrogen-bond acceptors (Lipinski definition) is 9. The molecule has 0 saturated heterocycles. The Morgan fingerprint density at radius 2 is 0.515 bits per heavy atom. The first-order chi connectivity index (χ1) is 32.2. The van der Waals surface area contributed by atoms with Crippen molar-refractivity contribution < 1.29 is 43.9 Å². The Morgan fingerprint density at radius 1 is 0.303 bits per heavy atom. The number of aliphatic hydroxyl groups is 3. The monoisotopic (exact) mass is 939 g/mol. The molecule has 0 bridgehead atoms. The molecule has 66 heavy (non-hydrogen) atoms. The van der Waals surface area contributed by atoms with Crippen LogP contribution in [0.3, 0.4) is 0 Å². The largest absolute Gasteiger partial charge is 0.462 e. The second-order valence-electron chi connectivity index (χ2n) is 20.1. The number of carbonyl (C=O) groups is 3. The van der Waals surface area contributed by atoms with Gasteiger partial charge in [0.05, 0.1) is 18.3 Å². The molecule has 0 aromatic heterocycles. The molecule has 1 unspecified atom stereocenters. The van der Waals surface area contributed by atoms with Crippen LogP contribution in [0.4, 0.5) is 0 Å². The molecule has 9 nitrogen and oxygen atoms in total. The standard InChI is InChI=1S/C57H110O9/c1-4-7-10-31-40-51(58)43-34-25-19-13-16-22-28-37-46-55(61)64-49-54(66-57(63)48-39-30-24-18-15-21-27-36-45-53(60)42-33-12-9-6-3)50-65-56(62)47-38-29-23-17-14-20-26-35-44-52(59)41-32-11-8-5-2/h51-54,58-60H,4-50H2,1-3H3/t51-,52+,53-,54?/m1/s1. The Kier molecular flexibility index (Phi) is 49.8. The van der Waals surface area contributed by atoms with Gasteiger partial charge in [0, 0.05) is 19.3 Å². The number of carbonyl (C=O) groups excluding carboxylic acids is 3. The molecule has 0 amide bonds. The third-order valence-corrected chi connectivity index (χ3v) is 13.3. The summed E-state index contributed by atoms with van der Waals surface area (Å²) in [5.74, 6) is -0.980. The van der Waals surface area contributed by atoms with Crippen molar-refractivity contribution in [3.05, 3.63) is 0 Å². The molecule has 0 radical (unpaired) electrons. The van der Waals surface area contributed by atoms with Crippen LogP contribution >= 0.6 is 0 Å². The van der Waals surface area contributed by atoms with E-state index in [0.29, 0.717) is 12.8 Å². The minimum Gasteiger partial charge on any atom is -0.462 e. The first-order valence-electron chi connectivity index (χ1n) is 28.8. The topological polar surface area (TPSA) is 140 Å². The Morgan fingerprint density at radius 3 is 0.773 bits per heavy atom. The summed E-state index contributed by atoms with van der Waals surface area (Å²) in [6.45, 7) is 6.41. The normalized spacial score (nSPS) is 13.4. The molecule has 0 fully saturated rings. The lowest BCUT2D eigenvalue weighted by molar-refractivity contribution is -0.167. The first-order valence-corrected chi connectivity index (χ1v) is 28.8. The van der Waals surface area contributed by atoms with Crippen molar-refractivity contribution in [3.8, 4) is 0 Å².